The third-order valence-corrected chi connectivity index (χ3v) is 2.38. The summed E-state index contributed by atoms with van der Waals surface area (Å²) in [4.78, 5) is 12.6. The molecule has 0 aliphatic carbocycles. The van der Waals surface area contributed by atoms with Crippen LogP contribution in [0.15, 0.2) is 18.2 Å². The lowest BCUT2D eigenvalue weighted by molar-refractivity contribution is -0.117. The average molecular weight is 294 g/mol. The van der Waals surface area contributed by atoms with E-state index >= 15 is 0 Å². The van der Waals surface area contributed by atoms with Crippen LogP contribution < -0.4 is 5.32 Å². The molecule has 20 heavy (non-hydrogen) atoms. The summed E-state index contributed by atoms with van der Waals surface area (Å²) < 4.78 is 50.4. The van der Waals surface area contributed by atoms with E-state index in [1.807, 2.05) is 0 Å². The van der Waals surface area contributed by atoms with Gasteiger partial charge in [-0.1, -0.05) is 0 Å². The van der Waals surface area contributed by atoms with Crippen molar-refractivity contribution in [3.8, 4) is 0 Å². The molecule has 1 aromatic carbocycles. The average Bonchev–Trinajstić information content (AvgIpc) is 2.32. The van der Waals surface area contributed by atoms with Gasteiger partial charge in [0.15, 0.2) is 0 Å². The molecule has 2 N–H and O–H groups in total. The highest BCUT2D eigenvalue weighted by molar-refractivity contribution is 5.92. The van der Waals surface area contributed by atoms with Crippen LogP contribution in [-0.4, -0.2) is 48.6 Å². The van der Waals surface area contributed by atoms with Gasteiger partial charge >= 0.3 is 0 Å². The van der Waals surface area contributed by atoms with Crippen LogP contribution in [-0.2, 0) is 4.79 Å². The van der Waals surface area contributed by atoms with E-state index in [0.717, 1.165) is 17.0 Å². The van der Waals surface area contributed by atoms with Crippen molar-refractivity contribution in [3.63, 3.8) is 0 Å². The zero-order valence-corrected chi connectivity index (χ0v) is 10.5. The lowest BCUT2D eigenvalue weighted by atomic mass is 10.3. The summed E-state index contributed by atoms with van der Waals surface area (Å²) in [5.41, 5.74) is -0.239. The molecule has 0 saturated carbocycles. The van der Waals surface area contributed by atoms with E-state index in [1.165, 1.54) is 0 Å². The third-order valence-electron chi connectivity index (χ3n) is 2.38. The molecule has 4 nitrogen and oxygen atoms in total. The van der Waals surface area contributed by atoms with Crippen molar-refractivity contribution in [1.29, 1.82) is 0 Å². The molecular formula is C12H14F4N2O2. The van der Waals surface area contributed by atoms with Gasteiger partial charge in [-0.2, -0.15) is 0 Å². The molecule has 1 aromatic rings. The molecule has 1 amide bonds. The second-order valence-corrected chi connectivity index (χ2v) is 4.02. The number of alkyl halides is 2. The van der Waals surface area contributed by atoms with Crippen LogP contribution in [0.2, 0.25) is 0 Å². The fourth-order valence-corrected chi connectivity index (χ4v) is 1.56. The van der Waals surface area contributed by atoms with E-state index in [-0.39, 0.29) is 18.8 Å². The van der Waals surface area contributed by atoms with Gasteiger partial charge in [-0.15, -0.1) is 0 Å². The largest absolute Gasteiger partial charge is 0.395 e. The van der Waals surface area contributed by atoms with Crippen LogP contribution in [0.25, 0.3) is 0 Å². The minimum absolute atomic E-state index is 0.107. The molecule has 0 aliphatic rings. The van der Waals surface area contributed by atoms with Crippen molar-refractivity contribution < 1.29 is 27.5 Å². The second kappa shape index (κ2) is 7.81. The minimum Gasteiger partial charge on any atom is -0.395 e. The highest BCUT2D eigenvalue weighted by Crippen LogP contribution is 2.14. The van der Waals surface area contributed by atoms with Crippen LogP contribution in [0.5, 0.6) is 0 Å². The number of aliphatic hydroxyl groups excluding tert-OH is 1. The van der Waals surface area contributed by atoms with Gasteiger partial charge in [0.25, 0.3) is 6.43 Å². The number of amides is 1. The zero-order valence-electron chi connectivity index (χ0n) is 10.5. The van der Waals surface area contributed by atoms with Crippen LogP contribution in [0.3, 0.4) is 0 Å². The molecule has 0 radical (unpaired) electrons. The number of halogens is 4. The number of benzene rings is 1. The van der Waals surface area contributed by atoms with E-state index < -0.39 is 37.1 Å². The molecule has 0 aromatic heterocycles. The Labute approximate surface area is 113 Å². The van der Waals surface area contributed by atoms with Crippen molar-refractivity contribution in [2.45, 2.75) is 6.43 Å². The summed E-state index contributed by atoms with van der Waals surface area (Å²) in [6.45, 7) is -1.60. The zero-order chi connectivity index (χ0) is 15.1. The van der Waals surface area contributed by atoms with Crippen LogP contribution in [0, 0.1) is 11.6 Å². The third kappa shape index (κ3) is 5.54. The smallest absolute Gasteiger partial charge is 0.251 e. The standard InChI is InChI=1S/C12H14F4N2O2/c13-8-1-2-10(9(14)5-8)17-12(20)7-18(3-4-19)6-11(15)16/h1-2,5,11,19H,3-4,6-7H2,(H,17,20). The van der Waals surface area contributed by atoms with Gasteiger partial charge in [0.2, 0.25) is 5.91 Å². The number of nitrogens with zero attached hydrogens (tertiary/aromatic N) is 1. The van der Waals surface area contributed by atoms with E-state index in [9.17, 15) is 22.4 Å². The maximum atomic E-state index is 13.3. The maximum Gasteiger partial charge on any atom is 0.251 e. The number of anilines is 1. The first-order valence-electron chi connectivity index (χ1n) is 5.78. The molecule has 0 saturated heterocycles. The van der Waals surface area contributed by atoms with Gasteiger partial charge < -0.3 is 10.4 Å². The first-order chi connectivity index (χ1) is 9.42. The number of hydrogen-bond acceptors (Lipinski definition) is 3. The SMILES string of the molecule is O=C(CN(CCO)CC(F)F)Nc1ccc(F)cc1F. The van der Waals surface area contributed by atoms with Crippen molar-refractivity contribution in [1.82, 2.24) is 4.90 Å². The van der Waals surface area contributed by atoms with Crippen LogP contribution >= 0.6 is 0 Å². The predicted molar refractivity (Wildman–Crippen MR) is 64.5 cm³/mol. The van der Waals surface area contributed by atoms with Crippen molar-refractivity contribution in [2.24, 2.45) is 0 Å². The number of hydrogen-bond donors (Lipinski definition) is 2. The maximum absolute atomic E-state index is 13.3. The monoisotopic (exact) mass is 294 g/mol. The molecule has 0 fully saturated rings. The summed E-state index contributed by atoms with van der Waals surface area (Å²) in [6.07, 6.45) is -2.66. The van der Waals surface area contributed by atoms with Crippen LogP contribution in [0.4, 0.5) is 23.2 Å². The first kappa shape index (κ1) is 16.4. The normalized spacial score (nSPS) is 11.2. The van der Waals surface area contributed by atoms with Gasteiger partial charge in [-0.3, -0.25) is 9.69 Å². The molecule has 0 heterocycles. The Hall–Kier alpha value is -1.67. The molecule has 112 valence electrons. The highest BCUT2D eigenvalue weighted by atomic mass is 19.3. The van der Waals surface area contributed by atoms with Gasteiger partial charge in [-0.05, 0) is 12.1 Å². The number of carbonyl (C=O) groups excluding carboxylic acids is 1. The van der Waals surface area contributed by atoms with Gasteiger partial charge in [0, 0.05) is 12.6 Å². The molecule has 0 aliphatic heterocycles. The fourth-order valence-electron chi connectivity index (χ4n) is 1.56. The van der Waals surface area contributed by atoms with Crippen LogP contribution in [0.1, 0.15) is 0 Å². The van der Waals surface area contributed by atoms with E-state index in [2.05, 4.69) is 5.32 Å². The van der Waals surface area contributed by atoms with Gasteiger partial charge in [0.1, 0.15) is 11.6 Å². The summed E-state index contributed by atoms with van der Waals surface area (Å²) in [7, 11) is 0. The number of aliphatic hydroxyl groups is 1. The Kier molecular flexibility index (Phi) is 6.40. The predicted octanol–water partition coefficient (Wildman–Crippen LogP) is 1.46. The van der Waals surface area contributed by atoms with Crippen molar-refractivity contribution in [3.05, 3.63) is 29.8 Å². The summed E-state index contributed by atoms with van der Waals surface area (Å²) in [6, 6.07) is 2.59. The van der Waals surface area contributed by atoms with Gasteiger partial charge in [0.05, 0.1) is 25.4 Å². The van der Waals surface area contributed by atoms with Crippen molar-refractivity contribution >= 4 is 11.6 Å². The summed E-state index contributed by atoms with van der Waals surface area (Å²) in [5.74, 6) is -2.48. The van der Waals surface area contributed by atoms with E-state index in [1.54, 1.807) is 0 Å². The molecule has 0 bridgehead atoms. The molecular weight excluding hydrogens is 280 g/mol. The summed E-state index contributed by atoms with van der Waals surface area (Å²) >= 11 is 0. The summed E-state index contributed by atoms with van der Waals surface area (Å²) in [5, 5.41) is 10.9. The van der Waals surface area contributed by atoms with E-state index in [4.69, 9.17) is 5.11 Å². The molecule has 0 spiro atoms. The second-order valence-electron chi connectivity index (χ2n) is 4.02. The number of carbonyl (C=O) groups is 1. The lowest BCUT2D eigenvalue weighted by Gasteiger charge is -2.20. The topological polar surface area (TPSA) is 52.6 Å². The Morgan fingerprint density at radius 1 is 1.35 bits per heavy atom. The Bertz CT molecular complexity index is 457. The lowest BCUT2D eigenvalue weighted by Crippen LogP contribution is -2.38. The van der Waals surface area contributed by atoms with Crippen molar-refractivity contribution in [2.75, 3.05) is 31.6 Å². The Morgan fingerprint density at radius 2 is 2.05 bits per heavy atom. The first-order valence-corrected chi connectivity index (χ1v) is 5.78. The minimum atomic E-state index is -2.66. The Morgan fingerprint density at radius 3 is 2.60 bits per heavy atom. The highest BCUT2D eigenvalue weighted by Gasteiger charge is 2.16. The molecule has 0 unspecified atom stereocenters. The fraction of sp³-hybridized carbons (Fsp3) is 0.417. The molecule has 8 heteroatoms. The van der Waals surface area contributed by atoms with E-state index in [0.29, 0.717) is 6.07 Å². The quantitative estimate of drug-likeness (QED) is 0.749. The van der Waals surface area contributed by atoms with Gasteiger partial charge in [-0.25, -0.2) is 17.6 Å². The number of rotatable bonds is 7. The Balaban J connectivity index is 2.60. The molecule has 1 rings (SSSR count). The molecule has 0 atom stereocenters. The number of nitrogens with one attached hydrogen (secondary N) is 1.